The van der Waals surface area contributed by atoms with Crippen molar-refractivity contribution in [3.8, 4) is 0 Å². The van der Waals surface area contributed by atoms with Crippen molar-refractivity contribution in [2.75, 3.05) is 18.8 Å². The molecule has 0 saturated carbocycles. The molecule has 1 rings (SSSR count). The molecule has 0 saturated heterocycles. The number of nitrogen functional groups attached to an aromatic ring is 1. The van der Waals surface area contributed by atoms with Gasteiger partial charge in [0.25, 0.3) is 0 Å². The molecule has 0 spiro atoms. The van der Waals surface area contributed by atoms with Gasteiger partial charge in [0.1, 0.15) is 0 Å². The zero-order valence-electron chi connectivity index (χ0n) is 10.5. The molecular formula is C13H21N3O. The lowest BCUT2D eigenvalue weighted by atomic mass is 10.1. The average Bonchev–Trinajstić information content (AvgIpc) is 2.30. The third-order valence-electron chi connectivity index (χ3n) is 2.91. The van der Waals surface area contributed by atoms with Gasteiger partial charge in [-0.3, -0.25) is 9.69 Å². The average molecular weight is 235 g/mol. The van der Waals surface area contributed by atoms with Crippen LogP contribution in [0.5, 0.6) is 0 Å². The van der Waals surface area contributed by atoms with Crippen molar-refractivity contribution in [2.45, 2.75) is 20.4 Å². The molecule has 0 heterocycles. The third kappa shape index (κ3) is 4.07. The predicted octanol–water partition coefficient (Wildman–Crippen LogP) is 1.21. The number of nitrogens with zero attached hydrogens (tertiary/aromatic N) is 1. The van der Waals surface area contributed by atoms with E-state index in [0.29, 0.717) is 6.54 Å². The van der Waals surface area contributed by atoms with Gasteiger partial charge in [-0.15, -0.1) is 0 Å². The second-order valence-electron chi connectivity index (χ2n) is 4.33. The number of primary amides is 1. The monoisotopic (exact) mass is 235 g/mol. The largest absolute Gasteiger partial charge is 0.398 e. The van der Waals surface area contributed by atoms with Crippen LogP contribution >= 0.6 is 0 Å². The smallest absolute Gasteiger partial charge is 0.221 e. The summed E-state index contributed by atoms with van der Waals surface area (Å²) >= 11 is 0. The van der Waals surface area contributed by atoms with Crippen LogP contribution in [0.1, 0.15) is 19.4 Å². The van der Waals surface area contributed by atoms with Crippen LogP contribution in [0.4, 0.5) is 5.69 Å². The van der Waals surface area contributed by atoms with Gasteiger partial charge in [-0.2, -0.15) is 0 Å². The first-order valence-corrected chi connectivity index (χ1v) is 5.89. The van der Waals surface area contributed by atoms with E-state index in [9.17, 15) is 4.79 Å². The second kappa shape index (κ2) is 6.25. The Morgan fingerprint density at radius 3 is 2.59 bits per heavy atom. The maximum atomic E-state index is 11.0. The molecule has 0 aliphatic carbocycles. The van der Waals surface area contributed by atoms with E-state index < -0.39 is 0 Å². The third-order valence-corrected chi connectivity index (χ3v) is 2.91. The fourth-order valence-electron chi connectivity index (χ4n) is 1.70. The minimum Gasteiger partial charge on any atom is -0.398 e. The first-order chi connectivity index (χ1) is 8.04. The minimum absolute atomic E-state index is 0.139. The van der Waals surface area contributed by atoms with Crippen LogP contribution in [0.25, 0.3) is 0 Å². The van der Waals surface area contributed by atoms with Gasteiger partial charge in [0.05, 0.1) is 0 Å². The first kappa shape index (κ1) is 13.5. The van der Waals surface area contributed by atoms with Crippen LogP contribution in [0.15, 0.2) is 24.3 Å². The highest BCUT2D eigenvalue weighted by atomic mass is 16.1. The fraction of sp³-hybridized carbons (Fsp3) is 0.462. The highest BCUT2D eigenvalue weighted by Crippen LogP contribution is 2.14. The summed E-state index contributed by atoms with van der Waals surface area (Å²) in [5.41, 5.74) is 13.0. The molecular weight excluding hydrogens is 214 g/mol. The summed E-state index contributed by atoms with van der Waals surface area (Å²) in [6.45, 7) is 6.19. The predicted molar refractivity (Wildman–Crippen MR) is 70.2 cm³/mol. The Morgan fingerprint density at radius 1 is 1.41 bits per heavy atom. The van der Waals surface area contributed by atoms with Crippen LogP contribution in [0, 0.1) is 5.92 Å². The number of hydrogen-bond acceptors (Lipinski definition) is 3. The summed E-state index contributed by atoms with van der Waals surface area (Å²) in [5.74, 6) is -0.399. The topological polar surface area (TPSA) is 72.3 Å². The van der Waals surface area contributed by atoms with E-state index in [0.717, 1.165) is 24.3 Å². The molecule has 1 atom stereocenters. The summed E-state index contributed by atoms with van der Waals surface area (Å²) in [7, 11) is 0. The summed E-state index contributed by atoms with van der Waals surface area (Å²) in [6.07, 6.45) is 0. The highest BCUT2D eigenvalue weighted by Gasteiger charge is 2.14. The molecule has 0 fully saturated rings. The van der Waals surface area contributed by atoms with Gasteiger partial charge in [-0.1, -0.05) is 32.0 Å². The summed E-state index contributed by atoms with van der Waals surface area (Å²) in [4.78, 5) is 13.2. The highest BCUT2D eigenvalue weighted by molar-refractivity contribution is 5.76. The number of para-hydroxylation sites is 1. The van der Waals surface area contributed by atoms with Crippen molar-refractivity contribution in [1.82, 2.24) is 4.90 Å². The number of anilines is 1. The van der Waals surface area contributed by atoms with Gasteiger partial charge in [-0.25, -0.2) is 0 Å². The summed E-state index contributed by atoms with van der Waals surface area (Å²) < 4.78 is 0. The van der Waals surface area contributed by atoms with E-state index in [1.165, 1.54) is 0 Å². The van der Waals surface area contributed by atoms with Gasteiger partial charge in [0.15, 0.2) is 0 Å². The number of benzene rings is 1. The molecule has 1 unspecified atom stereocenters. The molecule has 1 aromatic carbocycles. The van der Waals surface area contributed by atoms with Crippen molar-refractivity contribution in [3.05, 3.63) is 29.8 Å². The van der Waals surface area contributed by atoms with Crippen LogP contribution in [0.2, 0.25) is 0 Å². The molecule has 1 aromatic rings. The Bertz CT molecular complexity index is 379. The van der Waals surface area contributed by atoms with Crippen molar-refractivity contribution < 1.29 is 4.79 Å². The van der Waals surface area contributed by atoms with Crippen molar-refractivity contribution >= 4 is 11.6 Å². The number of hydrogen-bond donors (Lipinski definition) is 2. The first-order valence-electron chi connectivity index (χ1n) is 5.89. The Labute approximate surface area is 103 Å². The summed E-state index contributed by atoms with van der Waals surface area (Å²) in [5, 5.41) is 0. The Kier molecular flexibility index (Phi) is 4.97. The Balaban J connectivity index is 2.64. The fourth-order valence-corrected chi connectivity index (χ4v) is 1.70. The van der Waals surface area contributed by atoms with Crippen LogP contribution in [-0.2, 0) is 11.3 Å². The molecule has 94 valence electrons. The van der Waals surface area contributed by atoms with Crippen molar-refractivity contribution in [1.29, 1.82) is 0 Å². The normalized spacial score (nSPS) is 12.6. The van der Waals surface area contributed by atoms with Crippen molar-refractivity contribution in [2.24, 2.45) is 11.7 Å². The van der Waals surface area contributed by atoms with Gasteiger partial charge in [0.2, 0.25) is 5.91 Å². The Morgan fingerprint density at radius 2 is 2.06 bits per heavy atom. The molecule has 4 heteroatoms. The molecule has 0 radical (unpaired) electrons. The van der Waals surface area contributed by atoms with Crippen molar-refractivity contribution in [3.63, 3.8) is 0 Å². The maximum Gasteiger partial charge on any atom is 0.221 e. The van der Waals surface area contributed by atoms with E-state index in [-0.39, 0.29) is 11.8 Å². The van der Waals surface area contributed by atoms with Crippen LogP contribution < -0.4 is 11.5 Å². The Hall–Kier alpha value is -1.55. The lowest BCUT2D eigenvalue weighted by molar-refractivity contribution is -0.121. The van der Waals surface area contributed by atoms with E-state index in [2.05, 4.69) is 11.8 Å². The second-order valence-corrected chi connectivity index (χ2v) is 4.33. The number of carbonyl (C=O) groups excluding carboxylic acids is 1. The van der Waals surface area contributed by atoms with Crippen LogP contribution in [0.3, 0.4) is 0 Å². The lowest BCUT2D eigenvalue weighted by Crippen LogP contribution is -2.34. The molecule has 0 aliphatic rings. The summed E-state index contributed by atoms with van der Waals surface area (Å²) in [6, 6.07) is 7.78. The quantitative estimate of drug-likeness (QED) is 0.728. The van der Waals surface area contributed by atoms with E-state index in [1.807, 2.05) is 31.2 Å². The minimum atomic E-state index is -0.260. The standard InChI is InChI=1S/C13H21N3O/c1-3-16(8-10(2)13(15)17)9-11-6-4-5-7-12(11)14/h4-7,10H,3,8-9,14H2,1-2H3,(H2,15,17). The zero-order chi connectivity index (χ0) is 12.8. The molecule has 1 amide bonds. The van der Waals surface area contributed by atoms with Gasteiger partial charge < -0.3 is 11.5 Å². The van der Waals surface area contributed by atoms with Crippen LogP contribution in [-0.4, -0.2) is 23.9 Å². The lowest BCUT2D eigenvalue weighted by Gasteiger charge is -2.23. The molecule has 4 N–H and O–H groups in total. The zero-order valence-corrected chi connectivity index (χ0v) is 10.5. The van der Waals surface area contributed by atoms with E-state index in [4.69, 9.17) is 11.5 Å². The molecule has 0 bridgehead atoms. The van der Waals surface area contributed by atoms with Gasteiger partial charge >= 0.3 is 0 Å². The molecule has 17 heavy (non-hydrogen) atoms. The molecule has 0 aliphatic heterocycles. The number of amides is 1. The van der Waals surface area contributed by atoms with Gasteiger partial charge in [-0.05, 0) is 18.2 Å². The number of carbonyl (C=O) groups is 1. The van der Waals surface area contributed by atoms with Gasteiger partial charge in [0, 0.05) is 24.7 Å². The number of rotatable bonds is 6. The molecule has 0 aromatic heterocycles. The SMILES string of the molecule is CCN(Cc1ccccc1N)CC(C)C(N)=O. The number of nitrogens with two attached hydrogens (primary N) is 2. The van der Waals surface area contributed by atoms with E-state index >= 15 is 0 Å². The molecule has 4 nitrogen and oxygen atoms in total. The maximum absolute atomic E-state index is 11.0. The van der Waals surface area contributed by atoms with E-state index in [1.54, 1.807) is 0 Å².